The topological polar surface area (TPSA) is 110 Å². The van der Waals surface area contributed by atoms with Crippen LogP contribution in [-0.4, -0.2) is 74.7 Å². The van der Waals surface area contributed by atoms with E-state index in [0.29, 0.717) is 44.4 Å². The maximum atomic E-state index is 12.9. The summed E-state index contributed by atoms with van der Waals surface area (Å²) in [6.45, 7) is 4.85. The van der Waals surface area contributed by atoms with Gasteiger partial charge in [0.2, 0.25) is 21.7 Å². The SMILES string of the molecule is Cc1ccccc1-c1noc(CN2CCN(S(=O)(=O)CCn3nnc4ccccc43)CC2)n1. The molecule has 33 heavy (non-hydrogen) atoms. The van der Waals surface area contributed by atoms with Gasteiger partial charge in [-0.15, -0.1) is 5.10 Å². The number of aromatic nitrogens is 5. The van der Waals surface area contributed by atoms with Crippen LogP contribution in [0.15, 0.2) is 53.1 Å². The molecule has 11 heteroatoms. The van der Waals surface area contributed by atoms with Crippen molar-refractivity contribution in [3.63, 3.8) is 0 Å². The van der Waals surface area contributed by atoms with E-state index < -0.39 is 10.0 Å². The summed E-state index contributed by atoms with van der Waals surface area (Å²) in [6.07, 6.45) is 0. The maximum Gasteiger partial charge on any atom is 0.241 e. The van der Waals surface area contributed by atoms with Crippen LogP contribution in [0.3, 0.4) is 0 Å². The molecule has 1 saturated heterocycles. The van der Waals surface area contributed by atoms with E-state index in [9.17, 15) is 8.42 Å². The molecule has 0 radical (unpaired) electrons. The molecule has 0 spiro atoms. The molecule has 5 rings (SSSR count). The van der Waals surface area contributed by atoms with E-state index in [-0.39, 0.29) is 12.3 Å². The average Bonchev–Trinajstić information content (AvgIpc) is 3.45. The third-order valence-corrected chi connectivity index (χ3v) is 7.77. The van der Waals surface area contributed by atoms with E-state index >= 15 is 0 Å². The number of hydrogen-bond donors (Lipinski definition) is 0. The first-order chi connectivity index (χ1) is 16.0. The van der Waals surface area contributed by atoms with Gasteiger partial charge in [0.1, 0.15) is 5.52 Å². The second kappa shape index (κ2) is 9.00. The van der Waals surface area contributed by atoms with Gasteiger partial charge in [0.05, 0.1) is 24.4 Å². The molecule has 0 bridgehead atoms. The number of rotatable bonds is 7. The zero-order valence-electron chi connectivity index (χ0n) is 18.3. The Bertz CT molecular complexity index is 1360. The minimum absolute atomic E-state index is 0.0101. The second-order valence-corrected chi connectivity index (χ2v) is 10.2. The van der Waals surface area contributed by atoms with E-state index in [4.69, 9.17) is 4.52 Å². The average molecular weight is 468 g/mol. The van der Waals surface area contributed by atoms with Crippen LogP contribution in [0.25, 0.3) is 22.4 Å². The maximum absolute atomic E-state index is 12.9. The van der Waals surface area contributed by atoms with Crippen LogP contribution in [0.1, 0.15) is 11.5 Å². The lowest BCUT2D eigenvalue weighted by molar-refractivity contribution is 0.163. The quantitative estimate of drug-likeness (QED) is 0.406. The van der Waals surface area contributed by atoms with Crippen molar-refractivity contribution in [1.29, 1.82) is 0 Å². The van der Waals surface area contributed by atoms with Gasteiger partial charge in [-0.1, -0.05) is 46.8 Å². The number of nitrogens with zero attached hydrogens (tertiary/aromatic N) is 7. The van der Waals surface area contributed by atoms with E-state index in [1.165, 1.54) is 0 Å². The predicted octanol–water partition coefficient (Wildman–Crippen LogP) is 1.94. The predicted molar refractivity (Wildman–Crippen MR) is 123 cm³/mol. The third kappa shape index (κ3) is 4.65. The number of fused-ring (bicyclic) bond motifs is 1. The summed E-state index contributed by atoms with van der Waals surface area (Å²) in [6, 6.07) is 15.4. The molecule has 0 amide bonds. The van der Waals surface area contributed by atoms with Crippen LogP contribution < -0.4 is 0 Å². The molecule has 3 heterocycles. The van der Waals surface area contributed by atoms with Crippen molar-refractivity contribution in [2.45, 2.75) is 20.0 Å². The Morgan fingerprint density at radius 1 is 1.00 bits per heavy atom. The number of sulfonamides is 1. The highest BCUT2D eigenvalue weighted by atomic mass is 32.2. The normalized spacial score (nSPS) is 15.9. The van der Waals surface area contributed by atoms with Gasteiger partial charge in [-0.25, -0.2) is 13.1 Å². The zero-order chi connectivity index (χ0) is 22.8. The first-order valence-electron chi connectivity index (χ1n) is 10.9. The Kier molecular flexibility index (Phi) is 5.92. The molecule has 10 nitrogen and oxygen atoms in total. The molecular weight excluding hydrogens is 442 g/mol. The highest BCUT2D eigenvalue weighted by molar-refractivity contribution is 7.89. The molecule has 0 atom stereocenters. The van der Waals surface area contributed by atoms with Crippen LogP contribution in [0.4, 0.5) is 0 Å². The van der Waals surface area contributed by atoms with Gasteiger partial charge in [-0.3, -0.25) is 4.90 Å². The van der Waals surface area contributed by atoms with Crippen molar-refractivity contribution in [1.82, 2.24) is 34.3 Å². The van der Waals surface area contributed by atoms with Gasteiger partial charge < -0.3 is 4.52 Å². The largest absolute Gasteiger partial charge is 0.338 e. The van der Waals surface area contributed by atoms with E-state index in [0.717, 1.165) is 22.2 Å². The number of aryl methyl sites for hydroxylation is 2. The van der Waals surface area contributed by atoms with Crippen LogP contribution in [0, 0.1) is 6.92 Å². The van der Waals surface area contributed by atoms with Crippen LogP contribution in [-0.2, 0) is 23.1 Å². The molecule has 4 aromatic rings. The second-order valence-electron chi connectivity index (χ2n) is 8.12. The lowest BCUT2D eigenvalue weighted by Crippen LogP contribution is -2.49. The summed E-state index contributed by atoms with van der Waals surface area (Å²) in [7, 11) is -3.39. The standard InChI is InChI=1S/C22H25N7O3S/c1-17-6-2-3-7-18(17)22-23-21(32-25-22)16-27-10-12-28(13-11-27)33(30,31)15-14-29-20-9-5-4-8-19(20)24-26-29/h2-9H,10-16H2,1H3. The van der Waals surface area contributed by atoms with Gasteiger partial charge in [-0.05, 0) is 24.6 Å². The number of hydrogen-bond acceptors (Lipinski definition) is 8. The summed E-state index contributed by atoms with van der Waals surface area (Å²) in [5, 5.41) is 12.3. The monoisotopic (exact) mass is 467 g/mol. The van der Waals surface area contributed by atoms with Gasteiger partial charge in [0, 0.05) is 31.7 Å². The Labute approximate surface area is 191 Å². The van der Waals surface area contributed by atoms with Crippen molar-refractivity contribution in [2.75, 3.05) is 31.9 Å². The summed E-state index contributed by atoms with van der Waals surface area (Å²) >= 11 is 0. The summed E-state index contributed by atoms with van der Waals surface area (Å²) in [5.41, 5.74) is 3.63. The summed E-state index contributed by atoms with van der Waals surface area (Å²) in [5.74, 6) is 1.09. The zero-order valence-corrected chi connectivity index (χ0v) is 19.1. The molecular formula is C22H25N7O3S. The van der Waals surface area contributed by atoms with Gasteiger partial charge in [-0.2, -0.15) is 9.29 Å². The van der Waals surface area contributed by atoms with E-state index in [2.05, 4.69) is 25.4 Å². The van der Waals surface area contributed by atoms with E-state index in [1.54, 1.807) is 8.99 Å². The van der Waals surface area contributed by atoms with Gasteiger partial charge in [0.15, 0.2) is 0 Å². The molecule has 1 aliphatic rings. The fourth-order valence-electron chi connectivity index (χ4n) is 4.02. The minimum atomic E-state index is -3.39. The molecule has 2 aromatic carbocycles. The molecule has 1 fully saturated rings. The molecule has 0 saturated carbocycles. The lowest BCUT2D eigenvalue weighted by Gasteiger charge is -2.33. The smallest absolute Gasteiger partial charge is 0.241 e. The van der Waals surface area contributed by atoms with Crippen molar-refractivity contribution in [3.05, 3.63) is 60.0 Å². The molecule has 0 unspecified atom stereocenters. The van der Waals surface area contributed by atoms with Gasteiger partial charge >= 0.3 is 0 Å². The highest BCUT2D eigenvalue weighted by Crippen LogP contribution is 2.20. The molecule has 2 aromatic heterocycles. The number of benzene rings is 2. The van der Waals surface area contributed by atoms with Crippen molar-refractivity contribution in [2.24, 2.45) is 0 Å². The Balaban J connectivity index is 1.16. The van der Waals surface area contributed by atoms with Crippen molar-refractivity contribution in [3.8, 4) is 11.4 Å². The fraction of sp³-hybridized carbons (Fsp3) is 0.364. The number of para-hydroxylation sites is 1. The summed E-state index contributed by atoms with van der Waals surface area (Å²) in [4.78, 5) is 6.65. The van der Waals surface area contributed by atoms with Gasteiger partial charge in [0.25, 0.3) is 0 Å². The molecule has 1 aliphatic heterocycles. The van der Waals surface area contributed by atoms with Crippen LogP contribution in [0.5, 0.6) is 0 Å². The lowest BCUT2D eigenvalue weighted by atomic mass is 10.1. The molecule has 0 N–H and O–H groups in total. The Hall–Kier alpha value is -3.15. The van der Waals surface area contributed by atoms with Crippen molar-refractivity contribution < 1.29 is 12.9 Å². The minimum Gasteiger partial charge on any atom is -0.338 e. The third-order valence-electron chi connectivity index (χ3n) is 5.92. The molecule has 172 valence electrons. The van der Waals surface area contributed by atoms with Crippen LogP contribution >= 0.6 is 0 Å². The highest BCUT2D eigenvalue weighted by Gasteiger charge is 2.28. The first-order valence-corrected chi connectivity index (χ1v) is 12.5. The molecule has 0 aliphatic carbocycles. The Morgan fingerprint density at radius 3 is 2.58 bits per heavy atom. The van der Waals surface area contributed by atoms with E-state index in [1.807, 2.05) is 55.5 Å². The number of piperazine rings is 1. The fourth-order valence-corrected chi connectivity index (χ4v) is 5.40. The summed E-state index contributed by atoms with van der Waals surface area (Å²) < 4.78 is 34.4. The first kappa shape index (κ1) is 21.7. The van der Waals surface area contributed by atoms with Crippen LogP contribution in [0.2, 0.25) is 0 Å². The van der Waals surface area contributed by atoms with Crippen molar-refractivity contribution >= 4 is 21.1 Å². The Morgan fingerprint density at radius 2 is 1.76 bits per heavy atom.